The Balaban J connectivity index is 2.50. The average molecular weight is 410 g/mol. The normalized spacial score (nSPS) is 10.8. The van der Waals surface area contributed by atoms with Gasteiger partial charge in [0.25, 0.3) is 5.56 Å². The first-order valence-corrected chi connectivity index (χ1v) is 7.82. The molecule has 3 aromatic rings. The van der Waals surface area contributed by atoms with Crippen LogP contribution in [-0.2, 0) is 4.74 Å². The molecule has 0 unspecified atom stereocenters. The van der Waals surface area contributed by atoms with Crippen molar-refractivity contribution in [3.05, 3.63) is 56.1 Å². The molecule has 24 heavy (non-hydrogen) atoms. The summed E-state index contributed by atoms with van der Waals surface area (Å²) in [5.41, 5.74) is 5.79. The van der Waals surface area contributed by atoms with Crippen molar-refractivity contribution in [2.75, 3.05) is 12.8 Å². The second-order valence-electron chi connectivity index (χ2n) is 4.77. The Hall–Kier alpha value is -2.45. The molecule has 122 valence electrons. The van der Waals surface area contributed by atoms with E-state index in [0.717, 1.165) is 0 Å². The number of pyridine rings is 3. The number of halogens is 2. The number of nitrogens with zero attached hydrogens (tertiary/aromatic N) is 3. The van der Waals surface area contributed by atoms with E-state index in [0.29, 0.717) is 15.7 Å². The van der Waals surface area contributed by atoms with Gasteiger partial charge >= 0.3 is 5.97 Å². The molecule has 0 saturated heterocycles. The number of ether oxygens (including phenoxy) is 1. The van der Waals surface area contributed by atoms with E-state index in [1.165, 1.54) is 23.9 Å². The Kier molecular flexibility index (Phi) is 4.25. The van der Waals surface area contributed by atoms with Crippen LogP contribution in [0.5, 0.6) is 0 Å². The first kappa shape index (κ1) is 16.4. The molecule has 3 rings (SSSR count). The third-order valence-corrected chi connectivity index (χ3v) is 4.05. The van der Waals surface area contributed by atoms with Crippen LogP contribution in [0.2, 0.25) is 5.15 Å². The number of carbonyl (C=O) groups is 1. The standard InChI is InChI=1S/C15H10BrClN4O3/c1-24-15(23)11-12(18)8-3-4-9(16)20-13(8)21(14(11)22)7-2-5-10(17)19-6-7/h2-6H,18H2,1H3. The summed E-state index contributed by atoms with van der Waals surface area (Å²) in [6.45, 7) is 0. The Morgan fingerprint density at radius 2 is 2.08 bits per heavy atom. The van der Waals surface area contributed by atoms with Crippen molar-refractivity contribution in [1.29, 1.82) is 0 Å². The summed E-state index contributed by atoms with van der Waals surface area (Å²) in [7, 11) is 1.18. The highest BCUT2D eigenvalue weighted by atomic mass is 79.9. The first-order valence-electron chi connectivity index (χ1n) is 6.65. The molecule has 3 heterocycles. The largest absolute Gasteiger partial charge is 0.465 e. The number of rotatable bonds is 2. The van der Waals surface area contributed by atoms with Crippen LogP contribution in [0, 0.1) is 0 Å². The van der Waals surface area contributed by atoms with Gasteiger partial charge in [-0.2, -0.15) is 0 Å². The Labute approximate surface area is 149 Å². The second-order valence-corrected chi connectivity index (χ2v) is 5.96. The second kappa shape index (κ2) is 6.21. The molecule has 0 radical (unpaired) electrons. The van der Waals surface area contributed by atoms with Crippen molar-refractivity contribution in [2.45, 2.75) is 0 Å². The van der Waals surface area contributed by atoms with E-state index in [1.54, 1.807) is 18.2 Å². The lowest BCUT2D eigenvalue weighted by atomic mass is 10.1. The molecule has 9 heteroatoms. The van der Waals surface area contributed by atoms with E-state index in [-0.39, 0.29) is 22.1 Å². The molecule has 2 N–H and O–H groups in total. The van der Waals surface area contributed by atoms with Crippen molar-refractivity contribution < 1.29 is 9.53 Å². The zero-order valence-electron chi connectivity index (χ0n) is 12.3. The van der Waals surface area contributed by atoms with Gasteiger partial charge < -0.3 is 10.5 Å². The molecule has 0 aliphatic rings. The maximum atomic E-state index is 12.9. The number of nitrogens with two attached hydrogens (primary N) is 1. The predicted octanol–water partition coefficient (Wildman–Crippen LogP) is 2.57. The number of fused-ring (bicyclic) bond motifs is 1. The molecule has 0 aliphatic heterocycles. The molecular weight excluding hydrogens is 400 g/mol. The molecule has 0 aliphatic carbocycles. The molecule has 0 spiro atoms. The molecular formula is C15H10BrClN4O3. The zero-order valence-corrected chi connectivity index (χ0v) is 14.6. The van der Waals surface area contributed by atoms with Crippen molar-refractivity contribution >= 4 is 50.2 Å². The maximum Gasteiger partial charge on any atom is 0.345 e. The van der Waals surface area contributed by atoms with Gasteiger partial charge in [-0.25, -0.2) is 14.8 Å². The monoisotopic (exact) mass is 408 g/mol. The van der Waals surface area contributed by atoms with Gasteiger partial charge in [0, 0.05) is 5.39 Å². The van der Waals surface area contributed by atoms with E-state index in [4.69, 9.17) is 17.3 Å². The fourth-order valence-electron chi connectivity index (χ4n) is 2.30. The highest BCUT2D eigenvalue weighted by molar-refractivity contribution is 9.10. The van der Waals surface area contributed by atoms with Crippen LogP contribution in [0.4, 0.5) is 5.69 Å². The van der Waals surface area contributed by atoms with Crippen LogP contribution in [0.25, 0.3) is 16.7 Å². The number of hydrogen-bond donors (Lipinski definition) is 1. The number of aromatic nitrogens is 3. The number of esters is 1. The van der Waals surface area contributed by atoms with Gasteiger partial charge in [-0.05, 0) is 40.2 Å². The lowest BCUT2D eigenvalue weighted by molar-refractivity contribution is 0.0600. The van der Waals surface area contributed by atoms with Gasteiger partial charge in [0.1, 0.15) is 15.3 Å². The van der Waals surface area contributed by atoms with Gasteiger partial charge in [0.15, 0.2) is 5.65 Å². The van der Waals surface area contributed by atoms with Crippen LogP contribution in [0.3, 0.4) is 0 Å². The van der Waals surface area contributed by atoms with Gasteiger partial charge in [-0.15, -0.1) is 0 Å². The fraction of sp³-hybridized carbons (Fsp3) is 0.0667. The third kappa shape index (κ3) is 2.63. The number of nitrogen functional groups attached to an aromatic ring is 1. The molecule has 0 aromatic carbocycles. The lowest BCUT2D eigenvalue weighted by Crippen LogP contribution is -2.28. The Morgan fingerprint density at radius 1 is 1.33 bits per heavy atom. The molecule has 0 fully saturated rings. The summed E-state index contributed by atoms with van der Waals surface area (Å²) >= 11 is 9.06. The summed E-state index contributed by atoms with van der Waals surface area (Å²) in [6, 6.07) is 6.44. The van der Waals surface area contributed by atoms with Crippen LogP contribution in [0.1, 0.15) is 10.4 Å². The predicted molar refractivity (Wildman–Crippen MR) is 93.6 cm³/mol. The van der Waals surface area contributed by atoms with Gasteiger partial charge in [-0.1, -0.05) is 11.6 Å². The number of anilines is 1. The number of carbonyl (C=O) groups excluding carboxylic acids is 1. The smallest absolute Gasteiger partial charge is 0.345 e. The number of hydrogen-bond acceptors (Lipinski definition) is 6. The molecule has 0 bridgehead atoms. The molecule has 3 aromatic heterocycles. The van der Waals surface area contributed by atoms with Crippen molar-refractivity contribution in [3.63, 3.8) is 0 Å². The first-order chi connectivity index (χ1) is 11.4. The highest BCUT2D eigenvalue weighted by Gasteiger charge is 2.23. The summed E-state index contributed by atoms with van der Waals surface area (Å²) in [4.78, 5) is 33.2. The van der Waals surface area contributed by atoms with Gasteiger partial charge in [0.05, 0.1) is 24.7 Å². The maximum absolute atomic E-state index is 12.9. The SMILES string of the molecule is COC(=O)c1c(N)c2ccc(Br)nc2n(-c2ccc(Cl)nc2)c1=O. The lowest BCUT2D eigenvalue weighted by Gasteiger charge is -2.14. The molecule has 0 amide bonds. The van der Waals surface area contributed by atoms with Crippen LogP contribution in [-0.4, -0.2) is 27.6 Å². The molecule has 7 nitrogen and oxygen atoms in total. The Morgan fingerprint density at radius 3 is 2.71 bits per heavy atom. The quantitative estimate of drug-likeness (QED) is 0.516. The summed E-state index contributed by atoms with van der Waals surface area (Å²) < 4.78 is 6.43. The third-order valence-electron chi connectivity index (χ3n) is 3.39. The fourth-order valence-corrected chi connectivity index (χ4v) is 2.71. The van der Waals surface area contributed by atoms with Crippen LogP contribution in [0.15, 0.2) is 39.9 Å². The van der Waals surface area contributed by atoms with Crippen LogP contribution < -0.4 is 11.3 Å². The summed E-state index contributed by atoms with van der Waals surface area (Å²) in [6.07, 6.45) is 1.41. The van der Waals surface area contributed by atoms with E-state index < -0.39 is 11.5 Å². The van der Waals surface area contributed by atoms with Crippen molar-refractivity contribution in [2.24, 2.45) is 0 Å². The molecule has 0 saturated carbocycles. The van der Waals surface area contributed by atoms with Crippen molar-refractivity contribution in [1.82, 2.24) is 14.5 Å². The van der Waals surface area contributed by atoms with E-state index >= 15 is 0 Å². The number of methoxy groups -OCH3 is 1. The Bertz CT molecular complexity index is 1020. The summed E-state index contributed by atoms with van der Waals surface area (Å²) in [5.74, 6) is -0.821. The highest BCUT2D eigenvalue weighted by Crippen LogP contribution is 2.25. The van der Waals surface area contributed by atoms with Gasteiger partial charge in [0.2, 0.25) is 0 Å². The zero-order chi connectivity index (χ0) is 17.4. The minimum absolute atomic E-state index is 0.0139. The minimum atomic E-state index is -0.821. The van der Waals surface area contributed by atoms with E-state index in [2.05, 4.69) is 30.6 Å². The topological polar surface area (TPSA) is 100 Å². The summed E-state index contributed by atoms with van der Waals surface area (Å²) in [5, 5.41) is 0.710. The molecule has 0 atom stereocenters. The minimum Gasteiger partial charge on any atom is -0.465 e. The van der Waals surface area contributed by atoms with Crippen molar-refractivity contribution in [3.8, 4) is 5.69 Å². The van der Waals surface area contributed by atoms with Crippen LogP contribution >= 0.6 is 27.5 Å². The average Bonchev–Trinajstić information content (AvgIpc) is 2.56. The van der Waals surface area contributed by atoms with Gasteiger partial charge in [-0.3, -0.25) is 9.36 Å². The van der Waals surface area contributed by atoms with E-state index in [1.807, 2.05) is 0 Å². The van der Waals surface area contributed by atoms with E-state index in [9.17, 15) is 9.59 Å².